The van der Waals surface area contributed by atoms with Crippen molar-refractivity contribution in [3.63, 3.8) is 0 Å². The highest BCUT2D eigenvalue weighted by molar-refractivity contribution is 8.00. The minimum Gasteiger partial charge on any atom is -0.325 e. The maximum atomic E-state index is 13.3. The van der Waals surface area contributed by atoms with E-state index in [9.17, 15) is 14.4 Å². The molecule has 0 aliphatic carbocycles. The van der Waals surface area contributed by atoms with Crippen LogP contribution in [0.2, 0.25) is 10.0 Å². The Morgan fingerprint density at radius 3 is 2.23 bits per heavy atom. The summed E-state index contributed by atoms with van der Waals surface area (Å²) in [4.78, 5) is 39.3. The van der Waals surface area contributed by atoms with E-state index in [1.807, 2.05) is 43.3 Å². The molecule has 0 saturated heterocycles. The van der Waals surface area contributed by atoms with Crippen LogP contribution >= 0.6 is 35.0 Å². The number of halogens is 2. The molecule has 0 heterocycles. The number of aryl methyl sites for hydroxylation is 1. The van der Waals surface area contributed by atoms with Gasteiger partial charge < -0.3 is 16.0 Å². The van der Waals surface area contributed by atoms with Gasteiger partial charge in [0.1, 0.15) is 5.70 Å². The van der Waals surface area contributed by atoms with Gasteiger partial charge in [-0.2, -0.15) is 0 Å². The number of carbonyl (C=O) groups is 3. The Balaban J connectivity index is 1.44. The summed E-state index contributed by atoms with van der Waals surface area (Å²) in [6.45, 7) is 1.97. The maximum absolute atomic E-state index is 13.3. The van der Waals surface area contributed by atoms with E-state index in [1.54, 1.807) is 66.7 Å². The summed E-state index contributed by atoms with van der Waals surface area (Å²) in [6, 6.07) is 28.3. The van der Waals surface area contributed by atoms with Gasteiger partial charge in [-0.25, -0.2) is 0 Å². The topological polar surface area (TPSA) is 87.3 Å². The summed E-state index contributed by atoms with van der Waals surface area (Å²) in [7, 11) is 0. The quantitative estimate of drug-likeness (QED) is 0.140. The first-order valence-corrected chi connectivity index (χ1v) is 13.9. The number of hydrogen-bond donors (Lipinski definition) is 3. The number of anilines is 2. The molecule has 6 nitrogen and oxygen atoms in total. The van der Waals surface area contributed by atoms with E-state index in [-0.39, 0.29) is 17.4 Å². The molecule has 3 N–H and O–H groups in total. The minimum atomic E-state index is -0.482. The predicted octanol–water partition coefficient (Wildman–Crippen LogP) is 7.44. The average Bonchev–Trinajstić information content (AvgIpc) is 2.95. The fourth-order valence-corrected chi connectivity index (χ4v) is 4.61. The van der Waals surface area contributed by atoms with Crippen LogP contribution in [0.3, 0.4) is 0 Å². The number of amides is 3. The van der Waals surface area contributed by atoms with E-state index in [1.165, 1.54) is 11.8 Å². The number of hydrogen-bond acceptors (Lipinski definition) is 4. The summed E-state index contributed by atoms with van der Waals surface area (Å²) < 4.78 is 0. The lowest BCUT2D eigenvalue weighted by Gasteiger charge is -2.12. The molecular formula is C31H25Cl2N3O3S. The molecule has 4 aromatic carbocycles. The van der Waals surface area contributed by atoms with E-state index in [0.717, 1.165) is 16.0 Å². The Kier molecular flexibility index (Phi) is 10.0. The van der Waals surface area contributed by atoms with Crippen molar-refractivity contribution in [2.75, 3.05) is 16.4 Å². The summed E-state index contributed by atoms with van der Waals surface area (Å²) in [5, 5.41) is 9.12. The highest BCUT2D eigenvalue weighted by Gasteiger charge is 2.15. The molecule has 0 aliphatic rings. The van der Waals surface area contributed by atoms with Crippen molar-refractivity contribution in [2.45, 2.75) is 11.8 Å². The summed E-state index contributed by atoms with van der Waals surface area (Å²) in [5.41, 5.74) is 3.44. The fraction of sp³-hybridized carbons (Fsp3) is 0.0645. The third kappa shape index (κ3) is 8.48. The smallest absolute Gasteiger partial charge is 0.272 e. The van der Waals surface area contributed by atoms with Gasteiger partial charge in [0.05, 0.1) is 15.8 Å². The van der Waals surface area contributed by atoms with E-state index in [4.69, 9.17) is 23.2 Å². The lowest BCUT2D eigenvalue weighted by molar-refractivity contribution is -0.114. The number of benzene rings is 4. The Hall–Kier alpha value is -4.04. The predicted molar refractivity (Wildman–Crippen MR) is 164 cm³/mol. The second-order valence-corrected chi connectivity index (χ2v) is 10.6. The third-order valence-corrected chi connectivity index (χ3v) is 7.32. The minimum absolute atomic E-state index is 0.0942. The first-order chi connectivity index (χ1) is 19.3. The van der Waals surface area contributed by atoms with Gasteiger partial charge in [-0.1, -0.05) is 77.3 Å². The molecule has 0 bridgehead atoms. The molecule has 0 fully saturated rings. The Bertz CT molecular complexity index is 1560. The van der Waals surface area contributed by atoms with E-state index >= 15 is 0 Å². The Morgan fingerprint density at radius 1 is 0.775 bits per heavy atom. The first kappa shape index (κ1) is 29.0. The van der Waals surface area contributed by atoms with Crippen LogP contribution in [0.4, 0.5) is 11.4 Å². The van der Waals surface area contributed by atoms with Crippen LogP contribution in [-0.2, 0) is 9.59 Å². The van der Waals surface area contributed by atoms with Gasteiger partial charge in [0.25, 0.3) is 11.8 Å². The number of nitrogens with one attached hydrogen (secondary N) is 3. The van der Waals surface area contributed by atoms with Crippen molar-refractivity contribution in [1.82, 2.24) is 5.32 Å². The van der Waals surface area contributed by atoms with Crippen LogP contribution in [0.5, 0.6) is 0 Å². The molecule has 4 rings (SSSR count). The summed E-state index contributed by atoms with van der Waals surface area (Å²) in [6.07, 6.45) is 1.63. The van der Waals surface area contributed by atoms with E-state index in [2.05, 4.69) is 16.0 Å². The normalized spacial score (nSPS) is 11.0. The van der Waals surface area contributed by atoms with Crippen LogP contribution in [-0.4, -0.2) is 23.5 Å². The average molecular weight is 591 g/mol. The van der Waals surface area contributed by atoms with Crippen LogP contribution in [0.25, 0.3) is 6.08 Å². The zero-order chi connectivity index (χ0) is 28.5. The molecule has 0 aromatic heterocycles. The van der Waals surface area contributed by atoms with E-state index < -0.39 is 11.8 Å². The van der Waals surface area contributed by atoms with Crippen LogP contribution in [0, 0.1) is 6.92 Å². The number of rotatable bonds is 9. The molecule has 40 heavy (non-hydrogen) atoms. The van der Waals surface area contributed by atoms with Gasteiger partial charge in [-0.05, 0) is 67.1 Å². The van der Waals surface area contributed by atoms with Crippen molar-refractivity contribution in [1.29, 1.82) is 0 Å². The molecule has 0 saturated carbocycles. The van der Waals surface area contributed by atoms with E-state index in [0.29, 0.717) is 27.0 Å². The van der Waals surface area contributed by atoms with Crippen molar-refractivity contribution >= 4 is 70.1 Å². The lowest BCUT2D eigenvalue weighted by Crippen LogP contribution is -2.30. The maximum Gasteiger partial charge on any atom is 0.272 e. The van der Waals surface area contributed by atoms with Crippen molar-refractivity contribution in [3.05, 3.63) is 129 Å². The Labute approximate surface area is 246 Å². The zero-order valence-corrected chi connectivity index (χ0v) is 23.7. The van der Waals surface area contributed by atoms with Gasteiger partial charge in [0.15, 0.2) is 0 Å². The lowest BCUT2D eigenvalue weighted by atomic mass is 10.1. The van der Waals surface area contributed by atoms with Crippen LogP contribution in [0.15, 0.2) is 108 Å². The molecule has 202 valence electrons. The van der Waals surface area contributed by atoms with Crippen molar-refractivity contribution in [2.24, 2.45) is 0 Å². The molecule has 0 spiro atoms. The molecule has 4 aromatic rings. The summed E-state index contributed by atoms with van der Waals surface area (Å²) >= 11 is 13.2. The molecule has 9 heteroatoms. The SMILES string of the molecule is Cc1ccc(/C=C(\NC(=O)c2ccccc2)C(=O)Nc2cccc(SCC(=O)Nc3ccc(Cl)c(Cl)c3)c2)cc1. The monoisotopic (exact) mass is 589 g/mol. The van der Waals surface area contributed by atoms with Gasteiger partial charge in [-0.3, -0.25) is 14.4 Å². The summed E-state index contributed by atoms with van der Waals surface area (Å²) in [5.74, 6) is -0.955. The highest BCUT2D eigenvalue weighted by Crippen LogP contribution is 2.26. The molecule has 3 amide bonds. The zero-order valence-electron chi connectivity index (χ0n) is 21.4. The molecule has 0 unspecified atom stereocenters. The van der Waals surface area contributed by atoms with Crippen molar-refractivity contribution in [3.8, 4) is 0 Å². The first-order valence-electron chi connectivity index (χ1n) is 12.2. The van der Waals surface area contributed by atoms with Gasteiger partial charge >= 0.3 is 0 Å². The number of thioether (sulfide) groups is 1. The third-order valence-electron chi connectivity index (χ3n) is 5.58. The molecular weight excluding hydrogens is 565 g/mol. The molecule has 0 radical (unpaired) electrons. The van der Waals surface area contributed by atoms with Crippen LogP contribution < -0.4 is 16.0 Å². The van der Waals surface area contributed by atoms with Gasteiger partial charge in [0, 0.05) is 21.8 Å². The molecule has 0 atom stereocenters. The standard InChI is InChI=1S/C31H25Cl2N3O3S/c1-20-10-12-21(13-11-20)16-28(36-30(38)22-6-3-2-4-7-22)31(39)35-23-8-5-9-25(17-23)40-19-29(37)34-24-14-15-26(32)27(33)18-24/h2-18H,19H2,1H3,(H,34,37)(H,35,39)(H,36,38)/b28-16-. The Morgan fingerprint density at radius 2 is 1.50 bits per heavy atom. The molecule has 0 aliphatic heterocycles. The number of carbonyl (C=O) groups excluding carboxylic acids is 3. The highest BCUT2D eigenvalue weighted by atomic mass is 35.5. The second kappa shape index (κ2) is 13.8. The second-order valence-electron chi connectivity index (χ2n) is 8.74. The van der Waals surface area contributed by atoms with Gasteiger partial charge in [-0.15, -0.1) is 11.8 Å². The fourth-order valence-electron chi connectivity index (χ4n) is 3.55. The van der Waals surface area contributed by atoms with Crippen molar-refractivity contribution < 1.29 is 14.4 Å². The van der Waals surface area contributed by atoms with Crippen LogP contribution in [0.1, 0.15) is 21.5 Å². The largest absolute Gasteiger partial charge is 0.325 e. The van der Waals surface area contributed by atoms with Gasteiger partial charge in [0.2, 0.25) is 5.91 Å².